The fraction of sp³-hybridized carbons (Fsp3) is 0.417. The number of hydrogen-bond donors (Lipinski definition) is 2. The number of nitrogens with one attached hydrogen (secondary N) is 1. The Labute approximate surface area is 107 Å². The quantitative estimate of drug-likeness (QED) is 0.442. The van der Waals surface area contributed by atoms with Gasteiger partial charge in [-0.05, 0) is 18.6 Å². The molecule has 6 heteroatoms. The van der Waals surface area contributed by atoms with E-state index in [4.69, 9.17) is 15.9 Å². The molecule has 1 rings (SSSR count). The molecule has 0 aliphatic rings. The minimum absolute atomic E-state index is 0.0632. The van der Waals surface area contributed by atoms with Crippen molar-refractivity contribution in [2.24, 2.45) is 5.73 Å². The number of para-hydroxylation sites is 1. The van der Waals surface area contributed by atoms with Crippen LogP contribution in [0.25, 0.3) is 0 Å². The Morgan fingerprint density at radius 1 is 1.39 bits per heavy atom. The van der Waals surface area contributed by atoms with Crippen molar-refractivity contribution in [1.29, 1.82) is 5.41 Å². The number of ether oxygens (including phenoxy) is 1. The van der Waals surface area contributed by atoms with Crippen LogP contribution in [0.3, 0.4) is 0 Å². The lowest BCUT2D eigenvalue weighted by Gasteiger charge is -2.10. The molecule has 18 heavy (non-hydrogen) atoms. The van der Waals surface area contributed by atoms with Gasteiger partial charge in [0, 0.05) is 5.75 Å². The number of hydrogen-bond acceptors (Lipinski definition) is 4. The van der Waals surface area contributed by atoms with Gasteiger partial charge in [-0.1, -0.05) is 19.1 Å². The van der Waals surface area contributed by atoms with Gasteiger partial charge in [0.25, 0.3) is 0 Å². The van der Waals surface area contributed by atoms with E-state index in [0.29, 0.717) is 24.3 Å². The highest BCUT2D eigenvalue weighted by Gasteiger charge is 2.08. The molecule has 0 radical (unpaired) electrons. The third-order valence-electron chi connectivity index (χ3n) is 2.47. The molecule has 1 aromatic carbocycles. The second kappa shape index (κ2) is 6.39. The number of amidine groups is 1. The van der Waals surface area contributed by atoms with Gasteiger partial charge in [0.1, 0.15) is 21.4 Å². The molecule has 0 saturated carbocycles. The van der Waals surface area contributed by atoms with Crippen LogP contribution in [0.2, 0.25) is 0 Å². The van der Waals surface area contributed by atoms with Gasteiger partial charge in [-0.2, -0.15) is 0 Å². The van der Waals surface area contributed by atoms with Crippen molar-refractivity contribution < 1.29 is 13.2 Å². The minimum Gasteiger partial charge on any atom is -0.493 e. The summed E-state index contributed by atoms with van der Waals surface area (Å²) in [6.07, 6.45) is 0.433. The van der Waals surface area contributed by atoms with Crippen LogP contribution in [0.1, 0.15) is 18.9 Å². The summed E-state index contributed by atoms with van der Waals surface area (Å²) in [5.74, 6) is 0.716. The molecular weight excluding hydrogens is 252 g/mol. The molecule has 0 saturated heterocycles. The summed E-state index contributed by atoms with van der Waals surface area (Å²) in [5, 5.41) is 7.39. The Balaban J connectivity index is 2.52. The Hall–Kier alpha value is -1.56. The number of nitrogens with two attached hydrogens (primary N) is 1. The zero-order valence-corrected chi connectivity index (χ0v) is 11.2. The summed E-state index contributed by atoms with van der Waals surface area (Å²) in [6, 6.07) is 6.96. The third kappa shape index (κ3) is 4.37. The van der Waals surface area contributed by atoms with Gasteiger partial charge in [-0.15, -0.1) is 0 Å². The van der Waals surface area contributed by atoms with Crippen molar-refractivity contribution in [1.82, 2.24) is 0 Å². The molecule has 5 nitrogen and oxygen atoms in total. The van der Waals surface area contributed by atoms with Crippen LogP contribution in [-0.4, -0.2) is 32.4 Å². The van der Waals surface area contributed by atoms with E-state index < -0.39 is 9.84 Å². The summed E-state index contributed by atoms with van der Waals surface area (Å²) in [5.41, 5.74) is 5.94. The first-order valence-corrected chi connectivity index (χ1v) is 7.55. The SMILES string of the molecule is CCS(=O)(=O)CCCOc1ccccc1C(=N)N. The minimum atomic E-state index is -2.95. The third-order valence-corrected chi connectivity index (χ3v) is 4.26. The van der Waals surface area contributed by atoms with E-state index in [1.807, 2.05) is 0 Å². The van der Waals surface area contributed by atoms with Crippen LogP contribution >= 0.6 is 0 Å². The Morgan fingerprint density at radius 2 is 2.06 bits per heavy atom. The lowest BCUT2D eigenvalue weighted by molar-refractivity contribution is 0.317. The van der Waals surface area contributed by atoms with Gasteiger partial charge in [0.05, 0.1) is 17.9 Å². The highest BCUT2D eigenvalue weighted by Crippen LogP contribution is 2.17. The second-order valence-corrected chi connectivity index (χ2v) is 6.32. The molecule has 0 atom stereocenters. The molecular formula is C12H18N2O3S. The van der Waals surface area contributed by atoms with Crippen molar-refractivity contribution >= 4 is 15.7 Å². The van der Waals surface area contributed by atoms with Gasteiger partial charge in [0.15, 0.2) is 0 Å². The molecule has 0 aliphatic carbocycles. The Bertz CT molecular complexity index is 512. The summed E-state index contributed by atoms with van der Waals surface area (Å²) < 4.78 is 28.0. The van der Waals surface area contributed by atoms with Crippen molar-refractivity contribution in [2.75, 3.05) is 18.1 Å². The molecule has 100 valence electrons. The maximum absolute atomic E-state index is 11.3. The van der Waals surface area contributed by atoms with E-state index in [2.05, 4.69) is 0 Å². The van der Waals surface area contributed by atoms with Crippen LogP contribution < -0.4 is 10.5 Å². The summed E-state index contributed by atoms with van der Waals surface area (Å²) in [4.78, 5) is 0. The molecule has 0 bridgehead atoms. The van der Waals surface area contributed by atoms with Gasteiger partial charge in [0.2, 0.25) is 0 Å². The average Bonchev–Trinajstić information content (AvgIpc) is 2.35. The molecule has 1 aromatic rings. The normalized spacial score (nSPS) is 11.2. The van der Waals surface area contributed by atoms with E-state index in [0.717, 1.165) is 0 Å². The van der Waals surface area contributed by atoms with Crippen molar-refractivity contribution in [3.63, 3.8) is 0 Å². The Kier molecular flexibility index (Phi) is 5.15. The van der Waals surface area contributed by atoms with E-state index >= 15 is 0 Å². The van der Waals surface area contributed by atoms with Crippen LogP contribution in [0.4, 0.5) is 0 Å². The number of nitrogen functional groups attached to an aromatic ring is 1. The molecule has 0 aliphatic heterocycles. The Morgan fingerprint density at radius 3 is 2.67 bits per heavy atom. The summed E-state index contributed by atoms with van der Waals surface area (Å²) in [7, 11) is -2.95. The zero-order valence-electron chi connectivity index (χ0n) is 10.3. The monoisotopic (exact) mass is 270 g/mol. The number of rotatable bonds is 7. The fourth-order valence-electron chi connectivity index (χ4n) is 1.42. The molecule has 0 fully saturated rings. The lowest BCUT2D eigenvalue weighted by Crippen LogP contribution is -2.15. The van der Waals surface area contributed by atoms with Gasteiger partial charge in [-0.25, -0.2) is 8.42 Å². The highest BCUT2D eigenvalue weighted by molar-refractivity contribution is 7.91. The van der Waals surface area contributed by atoms with Crippen LogP contribution in [0.5, 0.6) is 5.75 Å². The molecule has 3 N–H and O–H groups in total. The zero-order chi connectivity index (χ0) is 13.6. The molecule has 0 amide bonds. The second-order valence-electron chi connectivity index (χ2n) is 3.85. The largest absolute Gasteiger partial charge is 0.493 e. The maximum Gasteiger partial charge on any atom is 0.150 e. The van der Waals surface area contributed by atoms with E-state index in [1.165, 1.54) is 0 Å². The van der Waals surface area contributed by atoms with Crippen LogP contribution in [0, 0.1) is 5.41 Å². The summed E-state index contributed by atoms with van der Waals surface area (Å²) >= 11 is 0. The predicted octanol–water partition coefficient (Wildman–Crippen LogP) is 1.17. The van der Waals surface area contributed by atoms with Gasteiger partial charge in [-0.3, -0.25) is 5.41 Å². The van der Waals surface area contributed by atoms with Crippen molar-refractivity contribution in [3.8, 4) is 5.75 Å². The van der Waals surface area contributed by atoms with E-state index in [1.54, 1.807) is 31.2 Å². The molecule has 0 unspecified atom stereocenters. The van der Waals surface area contributed by atoms with Crippen LogP contribution in [0.15, 0.2) is 24.3 Å². The molecule has 0 spiro atoms. The average molecular weight is 270 g/mol. The van der Waals surface area contributed by atoms with Gasteiger partial charge < -0.3 is 10.5 Å². The summed E-state index contributed by atoms with van der Waals surface area (Å²) in [6.45, 7) is 1.92. The van der Waals surface area contributed by atoms with Crippen molar-refractivity contribution in [3.05, 3.63) is 29.8 Å². The molecule has 0 aromatic heterocycles. The molecule has 0 heterocycles. The number of sulfone groups is 1. The standard InChI is InChI=1S/C12H18N2O3S/c1-2-18(15,16)9-5-8-17-11-7-4-3-6-10(11)12(13)14/h3-4,6-7H,2,5,8-9H2,1H3,(H3,13,14). The van der Waals surface area contributed by atoms with E-state index in [-0.39, 0.29) is 17.3 Å². The van der Waals surface area contributed by atoms with Gasteiger partial charge >= 0.3 is 0 Å². The highest BCUT2D eigenvalue weighted by atomic mass is 32.2. The first-order valence-electron chi connectivity index (χ1n) is 5.73. The predicted molar refractivity (Wildman–Crippen MR) is 71.9 cm³/mol. The van der Waals surface area contributed by atoms with Crippen molar-refractivity contribution in [2.45, 2.75) is 13.3 Å². The van der Waals surface area contributed by atoms with Crippen LogP contribution in [-0.2, 0) is 9.84 Å². The smallest absolute Gasteiger partial charge is 0.150 e. The maximum atomic E-state index is 11.3. The first-order chi connectivity index (χ1) is 8.46. The lowest BCUT2D eigenvalue weighted by atomic mass is 10.2. The fourth-order valence-corrected chi connectivity index (χ4v) is 2.27. The topological polar surface area (TPSA) is 93.2 Å². The van der Waals surface area contributed by atoms with E-state index in [9.17, 15) is 8.42 Å². The number of benzene rings is 1. The first kappa shape index (κ1) is 14.5.